The maximum absolute atomic E-state index is 12.7. The fourth-order valence-electron chi connectivity index (χ4n) is 4.43. The number of aromatic nitrogens is 4. The third-order valence-corrected chi connectivity index (χ3v) is 9.26. The van der Waals surface area contributed by atoms with Crippen LogP contribution in [0.5, 0.6) is 11.5 Å². The fraction of sp³-hybridized carbons (Fsp3) is 0.333. The van der Waals surface area contributed by atoms with Gasteiger partial charge in [-0.2, -0.15) is 11.8 Å². The van der Waals surface area contributed by atoms with Crippen LogP contribution < -0.4 is 14.8 Å². The number of rotatable bonds is 11. The summed E-state index contributed by atoms with van der Waals surface area (Å²) >= 11 is 4.68. The lowest BCUT2D eigenvalue weighted by atomic mass is 10.1. The molecule has 2 aromatic heterocycles. The number of Topliss-reactive ketones (excluding diaryl/α,β-unsaturated/α-hetero) is 1. The summed E-state index contributed by atoms with van der Waals surface area (Å²) in [6.07, 6.45) is 2.00. The van der Waals surface area contributed by atoms with Crippen molar-refractivity contribution in [3.05, 3.63) is 74.7 Å². The number of fused-ring (bicyclic) bond motifs is 2. The number of nitrogens with zero attached hydrogens (tertiary/aromatic N) is 4. The van der Waals surface area contributed by atoms with E-state index in [-0.39, 0.29) is 18.1 Å². The van der Waals surface area contributed by atoms with E-state index >= 15 is 0 Å². The van der Waals surface area contributed by atoms with Gasteiger partial charge in [-0.25, -0.2) is 0 Å². The monoisotopic (exact) mass is 579 g/mol. The van der Waals surface area contributed by atoms with Crippen LogP contribution in [0.2, 0.25) is 0 Å². The minimum atomic E-state index is -0.544. The number of para-hydroxylation sites is 2. The smallest absolute Gasteiger partial charge is 0.267 e. The maximum atomic E-state index is 12.7. The van der Waals surface area contributed by atoms with Crippen molar-refractivity contribution in [2.75, 3.05) is 16.8 Å². The molecule has 0 aliphatic carbocycles. The second kappa shape index (κ2) is 11.8. The van der Waals surface area contributed by atoms with E-state index in [1.54, 1.807) is 11.8 Å². The molecule has 4 heterocycles. The molecule has 4 aromatic rings. The largest absolute Gasteiger partial charge is 0.482 e. The van der Waals surface area contributed by atoms with Crippen LogP contribution in [0, 0.1) is 0 Å². The molecule has 0 fully saturated rings. The van der Waals surface area contributed by atoms with Crippen LogP contribution in [0.1, 0.15) is 26.1 Å². The number of ketones is 1. The van der Waals surface area contributed by atoms with Gasteiger partial charge in [0.05, 0.1) is 6.42 Å². The Bertz CT molecular complexity index is 1330. The Morgan fingerprint density at radius 1 is 0.795 bits per heavy atom. The molecule has 2 aliphatic rings. The van der Waals surface area contributed by atoms with Gasteiger partial charge in [-0.05, 0) is 34.8 Å². The molecule has 12 heteroatoms. The molecule has 2 unspecified atom stereocenters. The quantitative estimate of drug-likeness (QED) is 0.264. The van der Waals surface area contributed by atoms with Gasteiger partial charge in [0.15, 0.2) is 18.0 Å². The minimum absolute atomic E-state index is 0.0387. The lowest BCUT2D eigenvalue weighted by Crippen LogP contribution is -2.31. The SMILES string of the molecule is O=C(Cc1nnc(CCSCCc2nnc(NC(=O)C3Cc4ccccc4O3)s2)s1)C1Cc2ccccc2O1. The van der Waals surface area contributed by atoms with Gasteiger partial charge < -0.3 is 9.47 Å². The van der Waals surface area contributed by atoms with E-state index in [4.69, 9.17) is 9.47 Å². The van der Waals surface area contributed by atoms with Gasteiger partial charge in [0.2, 0.25) is 5.13 Å². The Kier molecular flexibility index (Phi) is 7.84. The number of carbonyl (C=O) groups is 2. The molecule has 0 radical (unpaired) electrons. The zero-order chi connectivity index (χ0) is 26.6. The standard InChI is InChI=1S/C27H25N5O4S3/c33-18(21-13-16-5-1-3-7-19(16)35-21)15-25-31-29-23(38-25)9-11-37-12-10-24-30-32-27(39-24)28-26(34)22-14-17-6-2-4-8-20(17)36-22/h1-8,21-22H,9-15H2,(H,28,32,34). The molecule has 0 saturated carbocycles. The molecule has 0 saturated heterocycles. The summed E-state index contributed by atoms with van der Waals surface area (Å²) in [7, 11) is 0. The van der Waals surface area contributed by atoms with E-state index in [9.17, 15) is 9.59 Å². The number of hydrogen-bond donors (Lipinski definition) is 1. The third-order valence-electron chi connectivity index (χ3n) is 6.40. The molecule has 39 heavy (non-hydrogen) atoms. The summed E-state index contributed by atoms with van der Waals surface area (Å²) in [4.78, 5) is 25.2. The van der Waals surface area contributed by atoms with E-state index < -0.39 is 12.2 Å². The van der Waals surface area contributed by atoms with Crippen molar-refractivity contribution in [1.29, 1.82) is 0 Å². The summed E-state index contributed by atoms with van der Waals surface area (Å²) in [5, 5.41) is 22.6. The summed E-state index contributed by atoms with van der Waals surface area (Å²) < 4.78 is 11.5. The molecule has 2 aliphatic heterocycles. The van der Waals surface area contributed by atoms with Gasteiger partial charge in [-0.1, -0.05) is 47.7 Å². The highest BCUT2D eigenvalue weighted by Gasteiger charge is 2.30. The first-order valence-electron chi connectivity index (χ1n) is 12.6. The molecule has 2 atom stereocenters. The van der Waals surface area contributed by atoms with Crippen molar-refractivity contribution >= 4 is 51.3 Å². The summed E-state index contributed by atoms with van der Waals surface area (Å²) in [5.41, 5.74) is 2.11. The number of ether oxygens (including phenoxy) is 2. The lowest BCUT2D eigenvalue weighted by molar-refractivity contribution is -0.124. The van der Waals surface area contributed by atoms with Crippen molar-refractivity contribution in [2.24, 2.45) is 0 Å². The average Bonchev–Trinajstić information content (AvgIpc) is 3.74. The number of thioether (sulfide) groups is 1. The first kappa shape index (κ1) is 25.9. The summed E-state index contributed by atoms with van der Waals surface area (Å²) in [6.45, 7) is 0. The first-order valence-corrected chi connectivity index (χ1v) is 15.4. The molecule has 0 bridgehead atoms. The predicted octanol–water partition coefficient (Wildman–Crippen LogP) is 3.97. The predicted molar refractivity (Wildman–Crippen MR) is 151 cm³/mol. The van der Waals surface area contributed by atoms with Gasteiger partial charge >= 0.3 is 0 Å². The highest BCUT2D eigenvalue weighted by molar-refractivity contribution is 7.99. The molecule has 6 rings (SSSR count). The maximum Gasteiger partial charge on any atom is 0.267 e. The second-order valence-electron chi connectivity index (χ2n) is 9.17. The average molecular weight is 580 g/mol. The Labute approximate surface area is 237 Å². The number of hydrogen-bond acceptors (Lipinski definition) is 11. The molecule has 0 spiro atoms. The van der Waals surface area contributed by atoms with Crippen molar-refractivity contribution < 1.29 is 19.1 Å². The van der Waals surface area contributed by atoms with Crippen LogP contribution in [0.15, 0.2) is 48.5 Å². The summed E-state index contributed by atoms with van der Waals surface area (Å²) in [6, 6.07) is 15.5. The van der Waals surface area contributed by atoms with Crippen molar-refractivity contribution in [2.45, 2.75) is 44.3 Å². The van der Waals surface area contributed by atoms with Gasteiger partial charge in [0.1, 0.15) is 26.5 Å². The molecular formula is C27H25N5O4S3. The molecule has 200 valence electrons. The van der Waals surface area contributed by atoms with Crippen LogP contribution in [-0.4, -0.2) is 55.8 Å². The van der Waals surface area contributed by atoms with Crippen LogP contribution in [-0.2, 0) is 41.7 Å². The summed E-state index contributed by atoms with van der Waals surface area (Å²) in [5.74, 6) is 3.17. The lowest BCUT2D eigenvalue weighted by Gasteiger charge is -2.08. The highest BCUT2D eigenvalue weighted by atomic mass is 32.2. The van der Waals surface area contributed by atoms with Crippen LogP contribution in [0.3, 0.4) is 0 Å². The van der Waals surface area contributed by atoms with Gasteiger partial charge in [-0.3, -0.25) is 14.9 Å². The zero-order valence-corrected chi connectivity index (χ0v) is 23.3. The fourth-order valence-corrected chi connectivity index (χ4v) is 7.16. The Hall–Kier alpha value is -3.35. The number of anilines is 1. The Balaban J connectivity index is 0.884. The topological polar surface area (TPSA) is 116 Å². The Morgan fingerprint density at radius 3 is 2.10 bits per heavy atom. The Morgan fingerprint density at radius 2 is 1.38 bits per heavy atom. The van der Waals surface area contributed by atoms with Crippen LogP contribution in [0.4, 0.5) is 5.13 Å². The van der Waals surface area contributed by atoms with Crippen molar-refractivity contribution in [3.63, 3.8) is 0 Å². The normalized spacial score (nSPS) is 17.2. The van der Waals surface area contributed by atoms with Crippen LogP contribution >= 0.6 is 34.4 Å². The van der Waals surface area contributed by atoms with E-state index in [2.05, 4.69) is 25.7 Å². The second-order valence-corrected chi connectivity index (χ2v) is 12.6. The first-order chi connectivity index (χ1) is 19.1. The van der Waals surface area contributed by atoms with E-state index in [1.165, 1.54) is 22.7 Å². The molecule has 9 nitrogen and oxygen atoms in total. The van der Waals surface area contributed by atoms with Crippen molar-refractivity contribution in [3.8, 4) is 11.5 Å². The molecule has 1 amide bonds. The van der Waals surface area contributed by atoms with Gasteiger partial charge in [0.25, 0.3) is 5.91 Å². The number of carbonyl (C=O) groups excluding carboxylic acids is 2. The number of benzene rings is 2. The van der Waals surface area contributed by atoms with E-state index in [1.807, 2.05) is 48.5 Å². The van der Waals surface area contributed by atoms with E-state index in [0.717, 1.165) is 62.0 Å². The van der Waals surface area contributed by atoms with Gasteiger partial charge in [0, 0.05) is 25.7 Å². The molecule has 2 aromatic carbocycles. The van der Waals surface area contributed by atoms with Crippen LogP contribution in [0.25, 0.3) is 0 Å². The number of amides is 1. The zero-order valence-electron chi connectivity index (χ0n) is 20.9. The molecule has 1 N–H and O–H groups in total. The number of nitrogens with one attached hydrogen (secondary N) is 1. The highest BCUT2D eigenvalue weighted by Crippen LogP contribution is 2.30. The van der Waals surface area contributed by atoms with Gasteiger partial charge in [-0.15, -0.1) is 31.7 Å². The van der Waals surface area contributed by atoms with E-state index in [0.29, 0.717) is 18.0 Å². The number of aryl methyl sites for hydroxylation is 2. The third kappa shape index (κ3) is 6.29. The minimum Gasteiger partial charge on any atom is -0.482 e. The molecular weight excluding hydrogens is 555 g/mol. The van der Waals surface area contributed by atoms with Crippen molar-refractivity contribution in [1.82, 2.24) is 20.4 Å².